The molecule has 0 saturated carbocycles. The second kappa shape index (κ2) is 10.8. The molecule has 1 aliphatic rings. The minimum atomic E-state index is -4.02. The molecule has 1 fully saturated rings. The fourth-order valence-corrected chi connectivity index (χ4v) is 6.27. The molecular formula is C26H26Cl2N2O3S. The van der Waals surface area contributed by atoms with Crippen molar-refractivity contribution in [2.75, 3.05) is 23.9 Å². The van der Waals surface area contributed by atoms with Gasteiger partial charge in [-0.15, -0.1) is 0 Å². The lowest BCUT2D eigenvalue weighted by Gasteiger charge is -2.34. The molecule has 1 heterocycles. The van der Waals surface area contributed by atoms with E-state index in [0.717, 1.165) is 23.6 Å². The zero-order valence-corrected chi connectivity index (χ0v) is 20.9. The molecule has 178 valence electrons. The Morgan fingerprint density at radius 2 is 1.53 bits per heavy atom. The van der Waals surface area contributed by atoms with Gasteiger partial charge in [0.1, 0.15) is 6.54 Å². The average Bonchev–Trinajstić information content (AvgIpc) is 2.84. The fourth-order valence-electron chi connectivity index (χ4n) is 4.26. The lowest BCUT2D eigenvalue weighted by Crippen LogP contribution is -2.46. The van der Waals surface area contributed by atoms with Gasteiger partial charge in [0.15, 0.2) is 0 Å². The molecule has 3 aromatic rings. The van der Waals surface area contributed by atoms with E-state index in [4.69, 9.17) is 23.2 Å². The SMILES string of the molecule is O=C(CN(c1ccc(Cl)cc1Cl)S(=O)(=O)c1ccccc1)N1CCC(Cc2ccccc2)CC1. The van der Waals surface area contributed by atoms with Crippen LogP contribution in [-0.4, -0.2) is 38.9 Å². The Kier molecular flexibility index (Phi) is 7.81. The van der Waals surface area contributed by atoms with E-state index in [-0.39, 0.29) is 28.1 Å². The number of anilines is 1. The lowest BCUT2D eigenvalue weighted by atomic mass is 9.90. The number of sulfonamides is 1. The number of hydrogen-bond acceptors (Lipinski definition) is 3. The molecule has 8 heteroatoms. The predicted molar refractivity (Wildman–Crippen MR) is 137 cm³/mol. The number of carbonyl (C=O) groups excluding carboxylic acids is 1. The van der Waals surface area contributed by atoms with Crippen molar-refractivity contribution in [1.29, 1.82) is 0 Å². The van der Waals surface area contributed by atoms with Crippen molar-refractivity contribution in [3.63, 3.8) is 0 Å². The summed E-state index contributed by atoms with van der Waals surface area (Å²) in [6.07, 6.45) is 2.75. The average molecular weight is 517 g/mol. The number of piperidine rings is 1. The van der Waals surface area contributed by atoms with Crippen LogP contribution in [0.15, 0.2) is 83.8 Å². The van der Waals surface area contributed by atoms with Crippen LogP contribution in [0.1, 0.15) is 18.4 Å². The van der Waals surface area contributed by atoms with Crippen molar-refractivity contribution >= 4 is 44.8 Å². The summed E-state index contributed by atoms with van der Waals surface area (Å²) in [5, 5.41) is 0.555. The molecule has 1 amide bonds. The summed E-state index contributed by atoms with van der Waals surface area (Å²) in [6, 6.07) is 23.0. The van der Waals surface area contributed by atoms with Gasteiger partial charge in [-0.3, -0.25) is 9.10 Å². The molecule has 5 nitrogen and oxygen atoms in total. The van der Waals surface area contributed by atoms with E-state index in [1.807, 2.05) is 18.2 Å². The summed E-state index contributed by atoms with van der Waals surface area (Å²) in [6.45, 7) is 0.871. The molecule has 0 aliphatic carbocycles. The van der Waals surface area contributed by atoms with Crippen LogP contribution in [-0.2, 0) is 21.2 Å². The van der Waals surface area contributed by atoms with E-state index in [9.17, 15) is 13.2 Å². The van der Waals surface area contributed by atoms with Crippen molar-refractivity contribution < 1.29 is 13.2 Å². The molecule has 0 aromatic heterocycles. The van der Waals surface area contributed by atoms with Crippen LogP contribution in [0.25, 0.3) is 0 Å². The third kappa shape index (κ3) is 5.74. The first-order valence-electron chi connectivity index (χ1n) is 11.2. The third-order valence-corrected chi connectivity index (χ3v) is 8.43. The summed E-state index contributed by atoms with van der Waals surface area (Å²) >= 11 is 12.4. The second-order valence-electron chi connectivity index (χ2n) is 8.43. The molecule has 0 atom stereocenters. The molecule has 1 saturated heterocycles. The minimum Gasteiger partial charge on any atom is -0.341 e. The molecule has 0 spiro atoms. The summed E-state index contributed by atoms with van der Waals surface area (Å²) in [5.41, 5.74) is 1.52. The summed E-state index contributed by atoms with van der Waals surface area (Å²) in [4.78, 5) is 15.1. The lowest BCUT2D eigenvalue weighted by molar-refractivity contribution is -0.130. The monoisotopic (exact) mass is 516 g/mol. The second-order valence-corrected chi connectivity index (χ2v) is 11.1. The Morgan fingerprint density at radius 1 is 0.912 bits per heavy atom. The number of rotatable bonds is 7. The van der Waals surface area contributed by atoms with Crippen LogP contribution in [0, 0.1) is 5.92 Å². The highest BCUT2D eigenvalue weighted by Gasteiger charge is 2.31. The number of carbonyl (C=O) groups is 1. The number of benzene rings is 3. The highest BCUT2D eigenvalue weighted by atomic mass is 35.5. The van der Waals surface area contributed by atoms with Gasteiger partial charge in [-0.25, -0.2) is 8.42 Å². The zero-order valence-electron chi connectivity index (χ0n) is 18.6. The van der Waals surface area contributed by atoms with Crippen molar-refractivity contribution in [1.82, 2.24) is 4.90 Å². The standard InChI is InChI=1S/C26H26Cl2N2O3S/c27-22-11-12-25(24(28)18-22)30(34(32,33)23-9-5-2-6-10-23)19-26(31)29-15-13-21(14-16-29)17-20-7-3-1-4-8-20/h1-12,18,21H,13-17,19H2. The van der Waals surface area contributed by atoms with Gasteiger partial charge in [-0.05, 0) is 61.1 Å². The molecule has 4 rings (SSSR count). The van der Waals surface area contributed by atoms with Crippen molar-refractivity contribution in [3.05, 3.63) is 94.5 Å². The molecule has 34 heavy (non-hydrogen) atoms. The maximum absolute atomic E-state index is 13.5. The van der Waals surface area contributed by atoms with Gasteiger partial charge in [0, 0.05) is 18.1 Å². The molecule has 0 unspecified atom stereocenters. The van der Waals surface area contributed by atoms with Gasteiger partial charge in [0.05, 0.1) is 15.6 Å². The maximum atomic E-state index is 13.5. The molecule has 0 bridgehead atoms. The summed E-state index contributed by atoms with van der Waals surface area (Å²) < 4.78 is 28.1. The van der Waals surface area contributed by atoms with Gasteiger partial charge in [-0.2, -0.15) is 0 Å². The highest BCUT2D eigenvalue weighted by molar-refractivity contribution is 7.92. The van der Waals surface area contributed by atoms with Gasteiger partial charge in [0.25, 0.3) is 10.0 Å². The summed E-state index contributed by atoms with van der Waals surface area (Å²) in [7, 11) is -4.02. The number of amides is 1. The zero-order chi connectivity index (χ0) is 24.1. The van der Waals surface area contributed by atoms with Crippen LogP contribution in [0.5, 0.6) is 0 Å². The smallest absolute Gasteiger partial charge is 0.264 e. The van der Waals surface area contributed by atoms with Gasteiger partial charge >= 0.3 is 0 Å². The van der Waals surface area contributed by atoms with E-state index in [1.165, 1.54) is 29.8 Å². The first-order chi connectivity index (χ1) is 16.3. The quantitative estimate of drug-likeness (QED) is 0.406. The van der Waals surface area contributed by atoms with Crippen LogP contribution in [0.4, 0.5) is 5.69 Å². The molecule has 0 N–H and O–H groups in total. The van der Waals surface area contributed by atoms with Gasteiger partial charge in [0.2, 0.25) is 5.91 Å². The van der Waals surface area contributed by atoms with Gasteiger partial charge in [-0.1, -0.05) is 71.7 Å². The van der Waals surface area contributed by atoms with Crippen LogP contribution in [0.2, 0.25) is 10.0 Å². The Morgan fingerprint density at radius 3 is 2.15 bits per heavy atom. The van der Waals surface area contributed by atoms with Crippen LogP contribution < -0.4 is 4.31 Å². The van der Waals surface area contributed by atoms with E-state index in [0.29, 0.717) is 24.0 Å². The van der Waals surface area contributed by atoms with Crippen molar-refractivity contribution in [2.24, 2.45) is 5.92 Å². The maximum Gasteiger partial charge on any atom is 0.264 e. The minimum absolute atomic E-state index is 0.0929. The van der Waals surface area contributed by atoms with Crippen LogP contribution >= 0.6 is 23.2 Å². The van der Waals surface area contributed by atoms with E-state index < -0.39 is 10.0 Å². The van der Waals surface area contributed by atoms with Crippen LogP contribution in [0.3, 0.4) is 0 Å². The Labute approximate surface area is 211 Å². The highest BCUT2D eigenvalue weighted by Crippen LogP contribution is 2.33. The van der Waals surface area contributed by atoms with Crippen molar-refractivity contribution in [3.8, 4) is 0 Å². The topological polar surface area (TPSA) is 57.7 Å². The van der Waals surface area contributed by atoms with Gasteiger partial charge < -0.3 is 4.90 Å². The Balaban J connectivity index is 1.51. The number of hydrogen-bond donors (Lipinski definition) is 0. The molecule has 3 aromatic carbocycles. The largest absolute Gasteiger partial charge is 0.341 e. The predicted octanol–water partition coefficient (Wildman–Crippen LogP) is 5.67. The fraction of sp³-hybridized carbons (Fsp3) is 0.269. The molecule has 0 radical (unpaired) electrons. The first kappa shape index (κ1) is 24.6. The van der Waals surface area contributed by atoms with E-state index in [2.05, 4.69) is 12.1 Å². The van der Waals surface area contributed by atoms with E-state index in [1.54, 1.807) is 29.2 Å². The number of nitrogens with zero attached hydrogens (tertiary/aromatic N) is 2. The Bertz CT molecular complexity index is 1230. The van der Waals surface area contributed by atoms with E-state index >= 15 is 0 Å². The molecule has 1 aliphatic heterocycles. The Hall–Kier alpha value is -2.54. The number of likely N-dealkylation sites (tertiary alicyclic amines) is 1. The van der Waals surface area contributed by atoms with Crippen molar-refractivity contribution in [2.45, 2.75) is 24.2 Å². The normalized spacial score (nSPS) is 14.7. The summed E-state index contributed by atoms with van der Waals surface area (Å²) in [5.74, 6) is 0.255. The number of halogens is 2. The first-order valence-corrected chi connectivity index (χ1v) is 13.4. The molecular weight excluding hydrogens is 491 g/mol. The third-order valence-electron chi connectivity index (χ3n) is 6.12.